The molecule has 0 spiro atoms. The predicted octanol–water partition coefficient (Wildman–Crippen LogP) is 2.08. The van der Waals surface area contributed by atoms with Crippen LogP contribution in [0.2, 0.25) is 0 Å². The van der Waals surface area contributed by atoms with E-state index in [-0.39, 0.29) is 24.6 Å². The molecule has 27 heavy (non-hydrogen) atoms. The number of carbonyl (C=O) groups excluding carboxylic acids is 2. The van der Waals surface area contributed by atoms with Crippen LogP contribution in [0.1, 0.15) is 56.2 Å². The van der Waals surface area contributed by atoms with Crippen molar-refractivity contribution in [3.63, 3.8) is 0 Å². The van der Waals surface area contributed by atoms with E-state index in [2.05, 4.69) is 20.6 Å². The van der Waals surface area contributed by atoms with Gasteiger partial charge in [0.15, 0.2) is 0 Å². The second kappa shape index (κ2) is 8.13. The number of rotatable bonds is 8. The lowest BCUT2D eigenvalue weighted by Crippen LogP contribution is -2.32. The highest BCUT2D eigenvalue weighted by Crippen LogP contribution is 2.23. The molecule has 2 atom stereocenters. The van der Waals surface area contributed by atoms with Crippen LogP contribution in [0.3, 0.4) is 0 Å². The molecule has 146 valence electrons. The van der Waals surface area contributed by atoms with Crippen LogP contribution in [0.5, 0.6) is 0 Å². The van der Waals surface area contributed by atoms with Gasteiger partial charge in [-0.1, -0.05) is 5.21 Å². The minimum absolute atomic E-state index is 0.104. The Hall–Kier alpha value is -2.33. The maximum atomic E-state index is 12.6. The Morgan fingerprint density at radius 3 is 2.74 bits per heavy atom. The highest BCUT2D eigenvalue weighted by Gasteiger charge is 2.38. The summed E-state index contributed by atoms with van der Waals surface area (Å²) in [5.41, 5.74) is 1.35. The van der Waals surface area contributed by atoms with Crippen molar-refractivity contribution in [1.29, 1.82) is 0 Å². The van der Waals surface area contributed by atoms with Crippen LogP contribution in [0.15, 0.2) is 11.6 Å². The summed E-state index contributed by atoms with van der Waals surface area (Å²) in [6.45, 7) is 8.61. The maximum Gasteiger partial charge on any atom is 0.325 e. The highest BCUT2D eigenvalue weighted by atomic mass is 32.1. The molecule has 3 heterocycles. The average molecular weight is 392 g/mol. The molecule has 0 bridgehead atoms. The highest BCUT2D eigenvalue weighted by molar-refractivity contribution is 7.09. The van der Waals surface area contributed by atoms with Gasteiger partial charge >= 0.3 is 6.03 Å². The van der Waals surface area contributed by atoms with Gasteiger partial charge in [0.1, 0.15) is 17.2 Å². The fraction of sp³-hybridized carbons (Fsp3) is 0.588. The van der Waals surface area contributed by atoms with E-state index in [1.54, 1.807) is 10.9 Å². The second-order valence-corrected chi connectivity index (χ2v) is 7.58. The smallest absolute Gasteiger partial charge is 0.325 e. The van der Waals surface area contributed by atoms with E-state index in [0.717, 1.165) is 5.01 Å². The molecule has 1 aliphatic rings. The van der Waals surface area contributed by atoms with Crippen molar-refractivity contribution >= 4 is 23.3 Å². The zero-order valence-electron chi connectivity index (χ0n) is 15.9. The van der Waals surface area contributed by atoms with Gasteiger partial charge in [-0.25, -0.2) is 14.5 Å². The summed E-state index contributed by atoms with van der Waals surface area (Å²) in [5.74, 6) is -0.272. The number of aromatic nitrogens is 4. The topological polar surface area (TPSA) is 102 Å². The number of thiazole rings is 1. The third-order valence-corrected chi connectivity index (χ3v) is 5.32. The van der Waals surface area contributed by atoms with Crippen molar-refractivity contribution in [2.75, 3.05) is 6.61 Å². The van der Waals surface area contributed by atoms with E-state index in [9.17, 15) is 9.59 Å². The first kappa shape index (κ1) is 19.4. The molecule has 2 aromatic heterocycles. The zero-order chi connectivity index (χ0) is 19.6. The SMILES string of the molecule is CCO[C@H](C)c1nc(CN2C(=O)N[C@H](Cc3cn(C(C)C)nn3)C2=O)cs1. The van der Waals surface area contributed by atoms with E-state index >= 15 is 0 Å². The van der Waals surface area contributed by atoms with Gasteiger partial charge in [-0.3, -0.25) is 9.69 Å². The van der Waals surface area contributed by atoms with E-state index in [4.69, 9.17) is 4.74 Å². The maximum absolute atomic E-state index is 12.6. The van der Waals surface area contributed by atoms with Crippen molar-refractivity contribution in [1.82, 2.24) is 30.2 Å². The van der Waals surface area contributed by atoms with Gasteiger partial charge in [0.2, 0.25) is 0 Å². The van der Waals surface area contributed by atoms with E-state index in [1.807, 2.05) is 33.1 Å². The van der Waals surface area contributed by atoms with Gasteiger partial charge in [0.05, 0.1) is 17.9 Å². The first-order chi connectivity index (χ1) is 12.9. The number of ether oxygens (including phenoxy) is 1. The van der Waals surface area contributed by atoms with Gasteiger partial charge in [-0.05, 0) is 27.7 Å². The van der Waals surface area contributed by atoms with Crippen LogP contribution in [0.25, 0.3) is 0 Å². The van der Waals surface area contributed by atoms with Crippen LogP contribution >= 0.6 is 11.3 Å². The Labute approximate surface area is 161 Å². The molecule has 0 radical (unpaired) electrons. The fourth-order valence-corrected chi connectivity index (χ4v) is 3.61. The molecule has 1 fully saturated rings. The fourth-order valence-electron chi connectivity index (χ4n) is 2.80. The lowest BCUT2D eigenvalue weighted by molar-refractivity contribution is -0.127. The Kier molecular flexibility index (Phi) is 5.85. The molecule has 0 aromatic carbocycles. The molecule has 3 amide bonds. The average Bonchev–Trinajstić information content (AvgIpc) is 3.32. The summed E-state index contributed by atoms with van der Waals surface area (Å²) in [6.07, 6.45) is 2.01. The van der Waals surface area contributed by atoms with E-state index < -0.39 is 12.1 Å². The molecule has 10 heteroatoms. The number of amides is 3. The number of hydrogen-bond acceptors (Lipinski definition) is 7. The quantitative estimate of drug-likeness (QED) is 0.690. The van der Waals surface area contributed by atoms with Crippen molar-refractivity contribution in [2.45, 2.75) is 58.8 Å². The first-order valence-corrected chi connectivity index (χ1v) is 9.85. The van der Waals surface area contributed by atoms with Crippen LogP contribution in [-0.4, -0.2) is 49.5 Å². The number of hydrogen-bond donors (Lipinski definition) is 1. The molecule has 0 aliphatic carbocycles. The Bertz CT molecular complexity index is 817. The van der Waals surface area contributed by atoms with E-state index in [0.29, 0.717) is 24.4 Å². The molecule has 1 saturated heterocycles. The molecule has 2 aromatic rings. The summed E-state index contributed by atoms with van der Waals surface area (Å²) >= 11 is 1.47. The van der Waals surface area contributed by atoms with Gasteiger partial charge in [-0.15, -0.1) is 16.4 Å². The van der Waals surface area contributed by atoms with Crippen LogP contribution in [0, 0.1) is 0 Å². The van der Waals surface area contributed by atoms with E-state index in [1.165, 1.54) is 16.2 Å². The third kappa shape index (κ3) is 4.33. The molecule has 1 aliphatic heterocycles. The molecule has 9 nitrogen and oxygen atoms in total. The van der Waals surface area contributed by atoms with Gasteiger partial charge < -0.3 is 10.1 Å². The monoisotopic (exact) mass is 392 g/mol. The largest absolute Gasteiger partial charge is 0.372 e. The molecular weight excluding hydrogens is 368 g/mol. The third-order valence-electron chi connectivity index (χ3n) is 4.26. The summed E-state index contributed by atoms with van der Waals surface area (Å²) in [5, 5.41) is 13.5. The van der Waals surface area contributed by atoms with Crippen LogP contribution < -0.4 is 5.32 Å². The number of nitrogens with zero attached hydrogens (tertiary/aromatic N) is 5. The second-order valence-electron chi connectivity index (χ2n) is 6.69. The minimum atomic E-state index is -0.629. The number of carbonyl (C=O) groups is 2. The summed E-state index contributed by atoms with van der Waals surface area (Å²) in [4.78, 5) is 30.6. The molecular formula is C17H24N6O3S. The van der Waals surface area contributed by atoms with Crippen molar-refractivity contribution in [3.05, 3.63) is 28.0 Å². The number of imide groups is 1. The lowest BCUT2D eigenvalue weighted by atomic mass is 10.1. The molecule has 3 rings (SSSR count). The molecule has 0 unspecified atom stereocenters. The minimum Gasteiger partial charge on any atom is -0.372 e. The van der Waals surface area contributed by atoms with Crippen LogP contribution in [0.4, 0.5) is 4.79 Å². The van der Waals surface area contributed by atoms with Crippen molar-refractivity contribution < 1.29 is 14.3 Å². The summed E-state index contributed by atoms with van der Waals surface area (Å²) < 4.78 is 7.26. The summed E-state index contributed by atoms with van der Waals surface area (Å²) in [7, 11) is 0. The van der Waals surface area contributed by atoms with Crippen LogP contribution in [-0.2, 0) is 22.5 Å². The molecule has 0 saturated carbocycles. The lowest BCUT2D eigenvalue weighted by Gasteiger charge is -2.11. The number of nitrogens with one attached hydrogen (secondary N) is 1. The van der Waals surface area contributed by atoms with Gasteiger partial charge in [0, 0.05) is 30.6 Å². The normalized spacial score (nSPS) is 18.4. The Balaban J connectivity index is 1.63. The summed E-state index contributed by atoms with van der Waals surface area (Å²) in [6, 6.07) is -0.849. The first-order valence-electron chi connectivity index (χ1n) is 8.97. The predicted molar refractivity (Wildman–Crippen MR) is 99.1 cm³/mol. The van der Waals surface area contributed by atoms with Gasteiger partial charge in [0.25, 0.3) is 5.91 Å². The van der Waals surface area contributed by atoms with Crippen molar-refractivity contribution in [3.8, 4) is 0 Å². The molecule has 1 N–H and O–H groups in total. The Morgan fingerprint density at radius 2 is 2.07 bits per heavy atom. The Morgan fingerprint density at radius 1 is 1.30 bits per heavy atom. The zero-order valence-corrected chi connectivity index (χ0v) is 16.7. The van der Waals surface area contributed by atoms with Gasteiger partial charge in [-0.2, -0.15) is 0 Å². The van der Waals surface area contributed by atoms with Crippen molar-refractivity contribution in [2.24, 2.45) is 0 Å². The standard InChI is InChI=1S/C17H24N6O3S/c1-5-26-11(4)15-18-13(9-27-15)7-22-16(24)14(19-17(22)25)6-12-8-23(10(2)3)21-20-12/h8-11,14H,5-7H2,1-4H3,(H,19,25)/t11-,14-/m1/s1. The number of urea groups is 1.